The topological polar surface area (TPSA) is 3.24 Å². The number of hydrogen-bond donors (Lipinski definition) is 0. The molecule has 0 atom stereocenters. The molecule has 0 saturated heterocycles. The van der Waals surface area contributed by atoms with E-state index in [0.29, 0.717) is 0 Å². The van der Waals surface area contributed by atoms with Gasteiger partial charge in [0.1, 0.15) is 0 Å². The Labute approximate surface area is 90.0 Å². The minimum absolute atomic E-state index is 1.02. The van der Waals surface area contributed by atoms with E-state index in [2.05, 4.69) is 62.9 Å². The Morgan fingerprint density at radius 1 is 1.17 bits per heavy atom. The molecule has 0 spiro atoms. The van der Waals surface area contributed by atoms with E-state index in [1.54, 1.807) is 0 Å². The standard InChI is InChI=1S/C9H11Br2N/c1-3-12(2)9-5-7(10)4-8(11)6-9/h4-6H,3H2,1-2H3. The number of benzene rings is 1. The fourth-order valence-corrected chi connectivity index (χ4v) is 2.21. The van der Waals surface area contributed by atoms with Crippen LogP contribution in [0.15, 0.2) is 27.1 Å². The van der Waals surface area contributed by atoms with E-state index in [1.165, 1.54) is 5.69 Å². The molecule has 0 amide bonds. The van der Waals surface area contributed by atoms with Gasteiger partial charge in [0.15, 0.2) is 0 Å². The van der Waals surface area contributed by atoms with Gasteiger partial charge in [-0.15, -0.1) is 0 Å². The molecule has 0 unspecified atom stereocenters. The number of hydrogen-bond acceptors (Lipinski definition) is 1. The molecule has 0 aliphatic carbocycles. The zero-order valence-corrected chi connectivity index (χ0v) is 10.3. The van der Waals surface area contributed by atoms with E-state index in [9.17, 15) is 0 Å². The van der Waals surface area contributed by atoms with Crippen molar-refractivity contribution in [2.45, 2.75) is 6.92 Å². The molecule has 1 nitrogen and oxygen atoms in total. The lowest BCUT2D eigenvalue weighted by Crippen LogP contribution is -2.15. The SMILES string of the molecule is CCN(C)c1cc(Br)cc(Br)c1. The molecule has 1 rings (SSSR count). The monoisotopic (exact) mass is 291 g/mol. The van der Waals surface area contributed by atoms with Gasteiger partial charge in [-0.05, 0) is 25.1 Å². The van der Waals surface area contributed by atoms with Gasteiger partial charge in [0, 0.05) is 28.2 Å². The molecule has 0 bridgehead atoms. The smallest absolute Gasteiger partial charge is 0.0386 e. The number of nitrogens with zero attached hydrogens (tertiary/aromatic N) is 1. The minimum Gasteiger partial charge on any atom is -0.375 e. The predicted octanol–water partition coefficient (Wildman–Crippen LogP) is 3.67. The maximum Gasteiger partial charge on any atom is 0.0386 e. The zero-order chi connectivity index (χ0) is 9.14. The highest BCUT2D eigenvalue weighted by molar-refractivity contribution is 9.11. The fraction of sp³-hybridized carbons (Fsp3) is 0.333. The average molecular weight is 293 g/mol. The van der Waals surface area contributed by atoms with Gasteiger partial charge in [-0.1, -0.05) is 31.9 Å². The van der Waals surface area contributed by atoms with Crippen molar-refractivity contribution in [3.05, 3.63) is 27.1 Å². The highest BCUT2D eigenvalue weighted by Gasteiger charge is 2.00. The first-order valence-electron chi connectivity index (χ1n) is 3.80. The van der Waals surface area contributed by atoms with Gasteiger partial charge < -0.3 is 4.90 Å². The fourth-order valence-electron chi connectivity index (χ4n) is 0.942. The van der Waals surface area contributed by atoms with Crippen molar-refractivity contribution in [3.63, 3.8) is 0 Å². The summed E-state index contributed by atoms with van der Waals surface area (Å²) in [4.78, 5) is 2.19. The van der Waals surface area contributed by atoms with Gasteiger partial charge in [0.25, 0.3) is 0 Å². The van der Waals surface area contributed by atoms with Crippen LogP contribution in [0, 0.1) is 0 Å². The molecule has 0 fully saturated rings. The van der Waals surface area contributed by atoms with Crippen molar-refractivity contribution >= 4 is 37.5 Å². The highest BCUT2D eigenvalue weighted by Crippen LogP contribution is 2.25. The Balaban J connectivity index is 3.00. The Morgan fingerprint density at radius 2 is 1.67 bits per heavy atom. The molecule has 0 heterocycles. The summed E-state index contributed by atoms with van der Waals surface area (Å²) in [6, 6.07) is 6.25. The third-order valence-electron chi connectivity index (χ3n) is 1.76. The molecule has 1 aromatic rings. The minimum atomic E-state index is 1.02. The van der Waals surface area contributed by atoms with Crippen molar-refractivity contribution in [2.75, 3.05) is 18.5 Å². The van der Waals surface area contributed by atoms with Crippen LogP contribution in [0.3, 0.4) is 0 Å². The first-order chi connectivity index (χ1) is 5.63. The second kappa shape index (κ2) is 4.28. The van der Waals surface area contributed by atoms with Gasteiger partial charge in [0.05, 0.1) is 0 Å². The molecule has 0 aliphatic heterocycles. The number of anilines is 1. The van der Waals surface area contributed by atoms with Crippen LogP contribution in [-0.4, -0.2) is 13.6 Å². The van der Waals surface area contributed by atoms with Crippen LogP contribution in [0.2, 0.25) is 0 Å². The third-order valence-corrected chi connectivity index (χ3v) is 2.68. The average Bonchev–Trinajstić information content (AvgIpc) is 2.01. The van der Waals surface area contributed by atoms with Crippen LogP contribution in [0.25, 0.3) is 0 Å². The lowest BCUT2D eigenvalue weighted by Gasteiger charge is -2.17. The Bertz CT molecular complexity index is 253. The van der Waals surface area contributed by atoms with Crippen LogP contribution in [0.4, 0.5) is 5.69 Å². The quantitative estimate of drug-likeness (QED) is 0.804. The largest absolute Gasteiger partial charge is 0.375 e. The van der Waals surface area contributed by atoms with Crippen LogP contribution in [0.1, 0.15) is 6.92 Å². The van der Waals surface area contributed by atoms with Crippen LogP contribution >= 0.6 is 31.9 Å². The summed E-state index contributed by atoms with van der Waals surface area (Å²) in [5, 5.41) is 0. The van der Waals surface area contributed by atoms with Crippen molar-refractivity contribution in [1.82, 2.24) is 0 Å². The van der Waals surface area contributed by atoms with Gasteiger partial charge in [-0.3, -0.25) is 0 Å². The van der Waals surface area contributed by atoms with E-state index in [4.69, 9.17) is 0 Å². The molecule has 1 aromatic carbocycles. The summed E-state index contributed by atoms with van der Waals surface area (Å²) in [6.45, 7) is 3.15. The van der Waals surface area contributed by atoms with Gasteiger partial charge in [0.2, 0.25) is 0 Å². The van der Waals surface area contributed by atoms with E-state index in [1.807, 2.05) is 6.07 Å². The summed E-state index contributed by atoms with van der Waals surface area (Å²) in [7, 11) is 2.08. The van der Waals surface area contributed by atoms with Crippen molar-refractivity contribution in [2.24, 2.45) is 0 Å². The molecule has 12 heavy (non-hydrogen) atoms. The Kier molecular flexibility index (Phi) is 3.59. The van der Waals surface area contributed by atoms with E-state index in [-0.39, 0.29) is 0 Å². The predicted molar refractivity (Wildman–Crippen MR) is 60.8 cm³/mol. The van der Waals surface area contributed by atoms with Crippen LogP contribution < -0.4 is 4.90 Å². The molecule has 0 aliphatic rings. The summed E-state index contributed by atoms with van der Waals surface area (Å²) in [6.07, 6.45) is 0. The summed E-state index contributed by atoms with van der Waals surface area (Å²) in [5.41, 5.74) is 1.22. The normalized spacial score (nSPS) is 10.0. The molecule has 0 radical (unpaired) electrons. The first-order valence-corrected chi connectivity index (χ1v) is 5.39. The molecule has 0 saturated carbocycles. The number of rotatable bonds is 2. The van der Waals surface area contributed by atoms with E-state index >= 15 is 0 Å². The van der Waals surface area contributed by atoms with Crippen LogP contribution in [0.5, 0.6) is 0 Å². The van der Waals surface area contributed by atoms with Gasteiger partial charge >= 0.3 is 0 Å². The van der Waals surface area contributed by atoms with Crippen LogP contribution in [-0.2, 0) is 0 Å². The second-order valence-electron chi connectivity index (χ2n) is 2.64. The first kappa shape index (κ1) is 10.1. The van der Waals surface area contributed by atoms with E-state index in [0.717, 1.165) is 15.5 Å². The Morgan fingerprint density at radius 3 is 2.08 bits per heavy atom. The number of halogens is 2. The third kappa shape index (κ3) is 2.49. The maximum absolute atomic E-state index is 3.45. The zero-order valence-electron chi connectivity index (χ0n) is 7.14. The summed E-state index contributed by atoms with van der Waals surface area (Å²) in [5.74, 6) is 0. The molecule has 0 aromatic heterocycles. The molecule has 3 heteroatoms. The maximum atomic E-state index is 3.45. The summed E-state index contributed by atoms with van der Waals surface area (Å²) >= 11 is 6.91. The molecular weight excluding hydrogens is 282 g/mol. The van der Waals surface area contributed by atoms with Gasteiger partial charge in [-0.2, -0.15) is 0 Å². The Hall–Kier alpha value is -0.0200. The lowest BCUT2D eigenvalue weighted by atomic mass is 10.3. The van der Waals surface area contributed by atoms with Crippen molar-refractivity contribution < 1.29 is 0 Å². The molecular formula is C9H11Br2N. The molecule has 66 valence electrons. The van der Waals surface area contributed by atoms with Crippen molar-refractivity contribution in [3.8, 4) is 0 Å². The lowest BCUT2D eigenvalue weighted by molar-refractivity contribution is 0.967. The molecule has 0 N–H and O–H groups in total. The van der Waals surface area contributed by atoms with E-state index < -0.39 is 0 Å². The second-order valence-corrected chi connectivity index (χ2v) is 4.47. The summed E-state index contributed by atoms with van der Waals surface area (Å²) < 4.78 is 2.21. The van der Waals surface area contributed by atoms with Crippen molar-refractivity contribution in [1.29, 1.82) is 0 Å². The van der Waals surface area contributed by atoms with Gasteiger partial charge in [-0.25, -0.2) is 0 Å². The highest BCUT2D eigenvalue weighted by atomic mass is 79.9.